The van der Waals surface area contributed by atoms with Gasteiger partial charge in [0.2, 0.25) is 0 Å². The summed E-state index contributed by atoms with van der Waals surface area (Å²) in [5, 5.41) is 21.4. The highest BCUT2D eigenvalue weighted by Gasteiger charge is 2.49. The smallest absolute Gasteiger partial charge is 0.107 e. The van der Waals surface area contributed by atoms with Crippen LogP contribution in [0.25, 0.3) is 0 Å². The third kappa shape index (κ3) is 3.67. The van der Waals surface area contributed by atoms with Crippen molar-refractivity contribution in [2.24, 2.45) is 5.92 Å². The minimum atomic E-state index is -0.801. The SMILES string of the molecule is CC(C)(C)N1C[C@H](CN2CCC(O)CC2)[C@@](O)(c2ccccc2)C1. The van der Waals surface area contributed by atoms with Crippen LogP contribution < -0.4 is 0 Å². The van der Waals surface area contributed by atoms with E-state index in [2.05, 4.69) is 42.7 Å². The molecule has 4 heteroatoms. The number of hydrogen-bond donors (Lipinski definition) is 2. The molecule has 2 fully saturated rings. The molecule has 1 aromatic carbocycles. The first-order valence-corrected chi connectivity index (χ1v) is 9.22. The first kappa shape index (κ1) is 17.9. The van der Waals surface area contributed by atoms with E-state index in [4.69, 9.17) is 0 Å². The predicted octanol–water partition coefficient (Wildman–Crippen LogP) is 2.06. The summed E-state index contributed by atoms with van der Waals surface area (Å²) in [7, 11) is 0. The third-order valence-electron chi connectivity index (χ3n) is 5.81. The minimum absolute atomic E-state index is 0.0512. The summed E-state index contributed by atoms with van der Waals surface area (Å²) >= 11 is 0. The van der Waals surface area contributed by atoms with Crippen molar-refractivity contribution in [3.63, 3.8) is 0 Å². The Bertz CT molecular complexity index is 534. The van der Waals surface area contributed by atoms with E-state index in [1.165, 1.54) is 0 Å². The van der Waals surface area contributed by atoms with Crippen LogP contribution in [0.1, 0.15) is 39.2 Å². The molecule has 2 aliphatic heterocycles. The molecule has 0 radical (unpaired) electrons. The van der Waals surface area contributed by atoms with E-state index in [-0.39, 0.29) is 17.6 Å². The second-order valence-electron chi connectivity index (χ2n) is 8.57. The number of piperidine rings is 1. The molecule has 0 amide bonds. The van der Waals surface area contributed by atoms with Crippen LogP contribution in [0.5, 0.6) is 0 Å². The molecule has 0 spiro atoms. The van der Waals surface area contributed by atoms with Crippen LogP contribution in [0.15, 0.2) is 30.3 Å². The molecule has 24 heavy (non-hydrogen) atoms. The molecule has 134 valence electrons. The average molecular weight is 332 g/mol. The summed E-state index contributed by atoms with van der Waals surface area (Å²) in [5.41, 5.74) is 0.277. The summed E-state index contributed by atoms with van der Waals surface area (Å²) in [4.78, 5) is 4.82. The Kier molecular flexibility index (Phi) is 5.03. The summed E-state index contributed by atoms with van der Waals surface area (Å²) in [6.45, 7) is 11.0. The van der Waals surface area contributed by atoms with Crippen molar-refractivity contribution in [3.05, 3.63) is 35.9 Å². The largest absolute Gasteiger partial charge is 0.393 e. The zero-order valence-corrected chi connectivity index (χ0v) is 15.3. The Hall–Kier alpha value is -0.940. The summed E-state index contributed by atoms with van der Waals surface area (Å²) in [6, 6.07) is 10.1. The molecule has 2 atom stereocenters. The van der Waals surface area contributed by atoms with Gasteiger partial charge in [0.05, 0.1) is 6.10 Å². The van der Waals surface area contributed by atoms with Crippen LogP contribution in [0.4, 0.5) is 0 Å². The fourth-order valence-corrected chi connectivity index (χ4v) is 4.09. The summed E-state index contributed by atoms with van der Waals surface area (Å²) < 4.78 is 0. The molecule has 4 nitrogen and oxygen atoms in total. The molecule has 2 N–H and O–H groups in total. The van der Waals surface area contributed by atoms with Gasteiger partial charge in [0.25, 0.3) is 0 Å². The van der Waals surface area contributed by atoms with Gasteiger partial charge >= 0.3 is 0 Å². The average Bonchev–Trinajstić information content (AvgIpc) is 2.89. The predicted molar refractivity (Wildman–Crippen MR) is 96.8 cm³/mol. The van der Waals surface area contributed by atoms with Gasteiger partial charge in [-0.15, -0.1) is 0 Å². The van der Waals surface area contributed by atoms with Crippen molar-refractivity contribution in [1.29, 1.82) is 0 Å². The number of nitrogens with zero attached hydrogens (tertiary/aromatic N) is 2. The van der Waals surface area contributed by atoms with Gasteiger partial charge in [0.15, 0.2) is 0 Å². The molecule has 0 bridgehead atoms. The zero-order valence-electron chi connectivity index (χ0n) is 15.3. The van der Waals surface area contributed by atoms with E-state index < -0.39 is 5.60 Å². The van der Waals surface area contributed by atoms with Gasteiger partial charge in [0, 0.05) is 44.2 Å². The number of aliphatic hydroxyl groups excluding tert-OH is 1. The van der Waals surface area contributed by atoms with Crippen LogP contribution >= 0.6 is 0 Å². The second-order valence-corrected chi connectivity index (χ2v) is 8.57. The summed E-state index contributed by atoms with van der Waals surface area (Å²) in [6.07, 6.45) is 1.54. The van der Waals surface area contributed by atoms with Gasteiger partial charge in [0.1, 0.15) is 5.60 Å². The maximum absolute atomic E-state index is 11.6. The molecular formula is C20H32N2O2. The van der Waals surface area contributed by atoms with Crippen LogP contribution in [-0.2, 0) is 5.60 Å². The fourth-order valence-electron chi connectivity index (χ4n) is 4.09. The monoisotopic (exact) mass is 332 g/mol. The normalized spacial score (nSPS) is 30.8. The molecule has 0 saturated carbocycles. The number of hydrogen-bond acceptors (Lipinski definition) is 4. The Labute approximate surface area is 146 Å². The van der Waals surface area contributed by atoms with Crippen LogP contribution in [0.2, 0.25) is 0 Å². The molecule has 0 unspecified atom stereocenters. The Morgan fingerprint density at radius 1 is 1.12 bits per heavy atom. The van der Waals surface area contributed by atoms with Gasteiger partial charge < -0.3 is 15.1 Å². The number of aliphatic hydroxyl groups is 2. The highest BCUT2D eigenvalue weighted by molar-refractivity contribution is 5.26. The van der Waals surface area contributed by atoms with Crippen molar-refractivity contribution in [2.75, 3.05) is 32.7 Å². The number of rotatable bonds is 3. The molecule has 2 saturated heterocycles. The van der Waals surface area contributed by atoms with E-state index in [1.807, 2.05) is 18.2 Å². The van der Waals surface area contributed by atoms with Crippen LogP contribution in [0, 0.1) is 5.92 Å². The van der Waals surface area contributed by atoms with Gasteiger partial charge in [-0.3, -0.25) is 4.90 Å². The lowest BCUT2D eigenvalue weighted by Crippen LogP contribution is -2.45. The Balaban J connectivity index is 1.80. The number of β-amino-alcohol motifs (C(OH)–C–C–N with tert-alkyl or cyclic N) is 1. The van der Waals surface area contributed by atoms with Crippen molar-refractivity contribution < 1.29 is 10.2 Å². The van der Waals surface area contributed by atoms with Gasteiger partial charge in [-0.25, -0.2) is 0 Å². The van der Waals surface area contributed by atoms with Crippen molar-refractivity contribution in [1.82, 2.24) is 9.80 Å². The minimum Gasteiger partial charge on any atom is -0.393 e. The third-order valence-corrected chi connectivity index (χ3v) is 5.81. The van der Waals surface area contributed by atoms with Gasteiger partial charge in [-0.05, 0) is 39.2 Å². The Morgan fingerprint density at radius 3 is 2.33 bits per heavy atom. The van der Waals surface area contributed by atoms with E-state index in [0.717, 1.165) is 44.6 Å². The Morgan fingerprint density at radius 2 is 1.75 bits per heavy atom. The maximum Gasteiger partial charge on any atom is 0.107 e. The van der Waals surface area contributed by atoms with E-state index >= 15 is 0 Å². The van der Waals surface area contributed by atoms with Crippen molar-refractivity contribution in [3.8, 4) is 0 Å². The second kappa shape index (κ2) is 6.75. The lowest BCUT2D eigenvalue weighted by atomic mass is 9.83. The first-order chi connectivity index (χ1) is 11.3. The van der Waals surface area contributed by atoms with Gasteiger partial charge in [-0.2, -0.15) is 0 Å². The van der Waals surface area contributed by atoms with E-state index in [1.54, 1.807) is 0 Å². The molecule has 3 rings (SSSR count). The molecule has 0 aliphatic carbocycles. The van der Waals surface area contributed by atoms with Crippen LogP contribution in [-0.4, -0.2) is 64.4 Å². The number of likely N-dealkylation sites (tertiary alicyclic amines) is 2. The standard InChI is InChI=1S/C20H32N2O2/c1-19(2,3)22-14-17(13-21-11-9-18(23)10-12-21)20(24,15-22)16-7-5-4-6-8-16/h4-8,17-18,23-24H,9-15H2,1-3H3/t17-,20-/m0/s1. The molecule has 1 aromatic rings. The maximum atomic E-state index is 11.6. The topological polar surface area (TPSA) is 46.9 Å². The molecular weight excluding hydrogens is 300 g/mol. The summed E-state index contributed by atoms with van der Waals surface area (Å²) in [5.74, 6) is 0.189. The molecule has 0 aromatic heterocycles. The quantitative estimate of drug-likeness (QED) is 0.889. The fraction of sp³-hybridized carbons (Fsp3) is 0.700. The lowest BCUT2D eigenvalue weighted by molar-refractivity contribution is -0.0156. The van der Waals surface area contributed by atoms with Crippen molar-refractivity contribution >= 4 is 0 Å². The molecule has 2 heterocycles. The zero-order chi connectivity index (χ0) is 17.4. The number of benzene rings is 1. The van der Waals surface area contributed by atoms with Crippen LogP contribution in [0.3, 0.4) is 0 Å². The van der Waals surface area contributed by atoms with Crippen molar-refractivity contribution in [2.45, 2.75) is 50.9 Å². The highest BCUT2D eigenvalue weighted by atomic mass is 16.3. The molecule has 2 aliphatic rings. The first-order valence-electron chi connectivity index (χ1n) is 9.22. The highest BCUT2D eigenvalue weighted by Crippen LogP contribution is 2.40. The van der Waals surface area contributed by atoms with Gasteiger partial charge in [-0.1, -0.05) is 30.3 Å². The van der Waals surface area contributed by atoms with E-state index in [9.17, 15) is 10.2 Å². The van der Waals surface area contributed by atoms with E-state index in [0.29, 0.717) is 6.54 Å². The lowest BCUT2D eigenvalue weighted by Gasteiger charge is -2.36.